The van der Waals surface area contributed by atoms with Crippen molar-refractivity contribution >= 4 is 29.1 Å². The molecular formula is C24H31NO6. The first-order valence-electron chi connectivity index (χ1n) is 10.6. The third kappa shape index (κ3) is 4.18. The molecular weight excluding hydrogens is 398 g/mol. The first kappa shape index (κ1) is 22.8. The summed E-state index contributed by atoms with van der Waals surface area (Å²) in [4.78, 5) is 39.7. The molecule has 1 amide bonds. The molecule has 0 bridgehead atoms. The highest BCUT2D eigenvalue weighted by Gasteiger charge is 2.46. The van der Waals surface area contributed by atoms with Crippen LogP contribution in [0.5, 0.6) is 5.75 Å². The van der Waals surface area contributed by atoms with Crippen LogP contribution in [0.25, 0.3) is 5.57 Å². The molecule has 1 aliphatic heterocycles. The van der Waals surface area contributed by atoms with Crippen molar-refractivity contribution < 1.29 is 28.6 Å². The number of esters is 2. The molecule has 0 aromatic heterocycles. The number of ether oxygens (including phenoxy) is 3. The van der Waals surface area contributed by atoms with Crippen molar-refractivity contribution in [1.82, 2.24) is 0 Å². The van der Waals surface area contributed by atoms with Crippen LogP contribution in [0.15, 0.2) is 18.2 Å². The fourth-order valence-electron chi connectivity index (χ4n) is 4.59. The minimum Gasteiger partial charge on any atom is -0.496 e. The molecule has 3 rings (SSSR count). The summed E-state index contributed by atoms with van der Waals surface area (Å²) >= 11 is 0. The lowest BCUT2D eigenvalue weighted by Gasteiger charge is -2.35. The van der Waals surface area contributed by atoms with Gasteiger partial charge in [0.2, 0.25) is 5.91 Å². The second kappa shape index (κ2) is 8.73. The van der Waals surface area contributed by atoms with Gasteiger partial charge in [-0.2, -0.15) is 0 Å². The molecule has 0 radical (unpaired) electrons. The van der Waals surface area contributed by atoms with Gasteiger partial charge < -0.3 is 19.1 Å². The number of anilines is 1. The van der Waals surface area contributed by atoms with Crippen molar-refractivity contribution in [1.29, 1.82) is 0 Å². The number of hydrogen-bond donors (Lipinski definition) is 0. The number of benzene rings is 1. The minimum atomic E-state index is -0.664. The molecule has 2 aliphatic rings. The number of rotatable bonds is 4. The molecule has 0 saturated heterocycles. The molecule has 31 heavy (non-hydrogen) atoms. The SMILES string of the molecule is COC(=O)/C=C(\C(=O)OC)c1cc2c(cc1OC)N(C(=O)C(C)(C)C)[C@H]1CCCC[C@@H]21. The lowest BCUT2D eigenvalue weighted by molar-refractivity contribution is -0.136. The summed E-state index contributed by atoms with van der Waals surface area (Å²) in [6, 6.07) is 3.76. The van der Waals surface area contributed by atoms with E-state index in [2.05, 4.69) is 0 Å². The Kier molecular flexibility index (Phi) is 6.43. The number of amides is 1. The monoisotopic (exact) mass is 429 g/mol. The maximum atomic E-state index is 13.4. The zero-order valence-electron chi connectivity index (χ0n) is 19.1. The van der Waals surface area contributed by atoms with E-state index in [-0.39, 0.29) is 23.4 Å². The Bertz CT molecular complexity index is 927. The van der Waals surface area contributed by atoms with Gasteiger partial charge in [-0.3, -0.25) is 4.79 Å². The highest BCUT2D eigenvalue weighted by atomic mass is 16.5. The van der Waals surface area contributed by atoms with Crippen LogP contribution in [0.1, 0.15) is 63.5 Å². The standard InChI is InChI=1S/C24H31NO6/c1-24(2,3)23(28)25-18-10-8-7-9-14(18)15-11-16(20(29-4)13-19(15)25)17(22(27)31-6)12-21(26)30-5/h11-14,18H,7-10H2,1-6H3/b17-12-/t14-,18-/m0/s1. The van der Waals surface area contributed by atoms with E-state index in [4.69, 9.17) is 14.2 Å². The van der Waals surface area contributed by atoms with Crippen molar-refractivity contribution in [2.45, 2.75) is 58.4 Å². The average Bonchev–Trinajstić information content (AvgIpc) is 3.07. The van der Waals surface area contributed by atoms with Crippen LogP contribution in [-0.4, -0.2) is 45.2 Å². The van der Waals surface area contributed by atoms with Crippen LogP contribution in [0.2, 0.25) is 0 Å². The second-order valence-corrected chi connectivity index (χ2v) is 9.07. The molecule has 0 N–H and O–H groups in total. The predicted octanol–water partition coefficient (Wildman–Crippen LogP) is 3.84. The lowest BCUT2D eigenvalue weighted by atomic mass is 9.81. The van der Waals surface area contributed by atoms with Gasteiger partial charge >= 0.3 is 11.9 Å². The van der Waals surface area contributed by atoms with Gasteiger partial charge in [-0.25, -0.2) is 9.59 Å². The Hall–Kier alpha value is -2.83. The van der Waals surface area contributed by atoms with Crippen LogP contribution >= 0.6 is 0 Å². The van der Waals surface area contributed by atoms with Gasteiger partial charge in [0, 0.05) is 35.1 Å². The van der Waals surface area contributed by atoms with Gasteiger partial charge in [0.05, 0.1) is 32.6 Å². The topological polar surface area (TPSA) is 82.1 Å². The predicted molar refractivity (Wildman–Crippen MR) is 117 cm³/mol. The maximum Gasteiger partial charge on any atom is 0.338 e. The fourth-order valence-corrected chi connectivity index (χ4v) is 4.59. The largest absolute Gasteiger partial charge is 0.496 e. The van der Waals surface area contributed by atoms with E-state index in [1.165, 1.54) is 21.3 Å². The smallest absolute Gasteiger partial charge is 0.338 e. The Morgan fingerprint density at radius 1 is 1.03 bits per heavy atom. The van der Waals surface area contributed by atoms with Gasteiger partial charge in [0.25, 0.3) is 0 Å². The summed E-state index contributed by atoms with van der Waals surface area (Å²) in [5, 5.41) is 0. The quantitative estimate of drug-likeness (QED) is 0.534. The normalized spacial score (nSPS) is 20.6. The van der Waals surface area contributed by atoms with Crippen molar-refractivity contribution in [3.63, 3.8) is 0 Å². The average molecular weight is 430 g/mol. The minimum absolute atomic E-state index is 0.0574. The van der Waals surface area contributed by atoms with Gasteiger partial charge in [0.15, 0.2) is 0 Å². The number of hydrogen-bond acceptors (Lipinski definition) is 6. The van der Waals surface area contributed by atoms with E-state index in [9.17, 15) is 14.4 Å². The molecule has 7 nitrogen and oxygen atoms in total. The van der Waals surface area contributed by atoms with E-state index in [0.717, 1.165) is 43.0 Å². The van der Waals surface area contributed by atoms with Gasteiger partial charge in [0.1, 0.15) is 5.75 Å². The summed E-state index contributed by atoms with van der Waals surface area (Å²) in [6.07, 6.45) is 5.16. The van der Waals surface area contributed by atoms with Crippen LogP contribution in [0.4, 0.5) is 5.69 Å². The van der Waals surface area contributed by atoms with Crippen molar-refractivity contribution in [2.75, 3.05) is 26.2 Å². The van der Waals surface area contributed by atoms with Crippen LogP contribution in [0.3, 0.4) is 0 Å². The zero-order chi connectivity index (χ0) is 22.9. The van der Waals surface area contributed by atoms with Crippen LogP contribution < -0.4 is 9.64 Å². The Labute approximate surface area is 183 Å². The summed E-state index contributed by atoms with van der Waals surface area (Å²) in [5.41, 5.74) is 1.80. The van der Waals surface area contributed by atoms with Crippen LogP contribution in [0, 0.1) is 5.41 Å². The summed E-state index contributed by atoms with van der Waals surface area (Å²) in [7, 11) is 4.00. The second-order valence-electron chi connectivity index (χ2n) is 9.07. The van der Waals surface area contributed by atoms with Crippen molar-refractivity contribution in [3.05, 3.63) is 29.3 Å². The molecule has 168 valence electrons. The number of nitrogens with zero attached hydrogens (tertiary/aromatic N) is 1. The Morgan fingerprint density at radius 2 is 1.71 bits per heavy atom. The molecule has 1 aliphatic carbocycles. The number of carbonyl (C=O) groups is 3. The Balaban J connectivity index is 2.22. The summed E-state index contributed by atoms with van der Waals surface area (Å²) in [6.45, 7) is 5.77. The van der Waals surface area contributed by atoms with E-state index in [0.29, 0.717) is 11.3 Å². The number of fused-ring (bicyclic) bond motifs is 3. The third-order valence-corrected chi connectivity index (χ3v) is 6.09. The fraction of sp³-hybridized carbons (Fsp3) is 0.542. The summed E-state index contributed by atoms with van der Waals surface area (Å²) in [5.74, 6) is -0.690. The molecule has 1 heterocycles. The van der Waals surface area contributed by atoms with Crippen LogP contribution in [-0.2, 0) is 23.9 Å². The van der Waals surface area contributed by atoms with E-state index >= 15 is 0 Å². The highest BCUT2D eigenvalue weighted by molar-refractivity contribution is 6.21. The molecule has 1 aromatic carbocycles. The van der Waals surface area contributed by atoms with E-state index in [1.807, 2.05) is 31.7 Å². The maximum absolute atomic E-state index is 13.4. The highest BCUT2D eigenvalue weighted by Crippen LogP contribution is 2.51. The van der Waals surface area contributed by atoms with Crippen molar-refractivity contribution in [2.24, 2.45) is 5.41 Å². The molecule has 7 heteroatoms. The van der Waals surface area contributed by atoms with Crippen molar-refractivity contribution in [3.8, 4) is 5.75 Å². The van der Waals surface area contributed by atoms with E-state index in [1.54, 1.807) is 6.07 Å². The molecule has 1 aromatic rings. The molecule has 1 saturated carbocycles. The number of methoxy groups -OCH3 is 3. The summed E-state index contributed by atoms with van der Waals surface area (Å²) < 4.78 is 15.2. The van der Waals surface area contributed by atoms with Gasteiger partial charge in [-0.1, -0.05) is 33.6 Å². The van der Waals surface area contributed by atoms with E-state index < -0.39 is 17.4 Å². The third-order valence-electron chi connectivity index (χ3n) is 6.09. The van der Waals surface area contributed by atoms with Gasteiger partial charge in [-0.15, -0.1) is 0 Å². The lowest BCUT2D eigenvalue weighted by Crippen LogP contribution is -2.45. The number of carbonyl (C=O) groups excluding carboxylic acids is 3. The Morgan fingerprint density at radius 3 is 2.29 bits per heavy atom. The first-order chi connectivity index (χ1) is 14.6. The molecule has 0 spiro atoms. The first-order valence-corrected chi connectivity index (χ1v) is 10.6. The molecule has 2 atom stereocenters. The van der Waals surface area contributed by atoms with Gasteiger partial charge in [-0.05, 0) is 24.5 Å². The molecule has 0 unspecified atom stereocenters. The zero-order valence-corrected chi connectivity index (χ0v) is 19.1. The molecule has 1 fully saturated rings.